The Bertz CT molecular complexity index is 496. The predicted molar refractivity (Wildman–Crippen MR) is 58.2 cm³/mol. The Morgan fingerprint density at radius 1 is 0.714 bits per heavy atom. The Hall–Kier alpha value is -2.54. The average molecular weight is 174 g/mol. The van der Waals surface area contributed by atoms with E-state index >= 15 is 0 Å². The first-order chi connectivity index (χ1) is 6.76. The number of benzene rings is 1. The van der Waals surface area contributed by atoms with Gasteiger partial charge in [-0.2, -0.15) is 0 Å². The van der Waals surface area contributed by atoms with Crippen LogP contribution < -0.4 is 0 Å². The molecule has 0 heterocycles. The molecule has 14 heavy (non-hydrogen) atoms. The lowest BCUT2D eigenvalue weighted by Gasteiger charge is -2.02. The van der Waals surface area contributed by atoms with E-state index in [9.17, 15) is 0 Å². The summed E-state index contributed by atoms with van der Waals surface area (Å²) in [6, 6.07) is 3.35. The molecule has 0 fully saturated rings. The van der Waals surface area contributed by atoms with E-state index in [0.29, 0.717) is 22.3 Å². The van der Waals surface area contributed by atoms with E-state index in [1.807, 2.05) is 0 Å². The second kappa shape index (κ2) is 3.92. The minimum Gasteiger partial charge on any atom is -0.115 e. The van der Waals surface area contributed by atoms with Gasteiger partial charge in [-0.1, -0.05) is 23.7 Å². The molecule has 0 N–H and O–H groups in total. The first-order valence-corrected chi connectivity index (χ1v) is 3.81. The van der Waals surface area contributed by atoms with Crippen LogP contribution in [-0.4, -0.2) is 0 Å². The molecule has 0 saturated carbocycles. The summed E-state index contributed by atoms with van der Waals surface area (Å²) < 4.78 is 0. The van der Waals surface area contributed by atoms with Crippen molar-refractivity contribution in [2.45, 2.75) is 0 Å². The highest BCUT2D eigenvalue weighted by Gasteiger charge is 2.04. The van der Waals surface area contributed by atoms with Gasteiger partial charge in [0.05, 0.1) is 5.56 Å². The van der Waals surface area contributed by atoms with Crippen molar-refractivity contribution in [3.05, 3.63) is 34.4 Å². The predicted octanol–water partition coefficient (Wildman–Crippen LogP) is 1.61. The maximum atomic E-state index is 5.30. The summed E-state index contributed by atoms with van der Waals surface area (Å²) in [5.74, 6) is 9.86. The Labute approximate surface area is 84.3 Å². The van der Waals surface area contributed by atoms with E-state index in [1.54, 1.807) is 12.1 Å². The monoisotopic (exact) mass is 174 g/mol. The molecule has 0 spiro atoms. The topological polar surface area (TPSA) is 0 Å². The van der Waals surface area contributed by atoms with E-state index in [0.717, 1.165) is 0 Å². The highest BCUT2D eigenvalue weighted by Crippen LogP contribution is 2.15. The Kier molecular flexibility index (Phi) is 2.67. The molecule has 0 atom stereocenters. The van der Waals surface area contributed by atoms with Gasteiger partial charge >= 0.3 is 0 Å². The van der Waals surface area contributed by atoms with Gasteiger partial charge in [0, 0.05) is 16.7 Å². The van der Waals surface area contributed by atoms with Gasteiger partial charge in [0.25, 0.3) is 0 Å². The van der Waals surface area contributed by atoms with Gasteiger partial charge in [0.1, 0.15) is 0 Å². The van der Waals surface area contributed by atoms with Crippen LogP contribution in [0.25, 0.3) is 0 Å². The van der Waals surface area contributed by atoms with Crippen LogP contribution in [0.3, 0.4) is 0 Å². The quantitative estimate of drug-likeness (QED) is 0.524. The molecule has 0 unspecified atom stereocenters. The molecule has 0 aliphatic heterocycles. The van der Waals surface area contributed by atoms with Crippen LogP contribution in [0, 0.1) is 49.4 Å². The van der Waals surface area contributed by atoms with Crippen LogP contribution in [0.1, 0.15) is 22.3 Å². The smallest absolute Gasteiger partial charge is 0.0556 e. The van der Waals surface area contributed by atoms with E-state index < -0.39 is 0 Å². The maximum absolute atomic E-state index is 5.30. The number of terminal acetylenes is 4. The zero-order valence-corrected chi connectivity index (χ0v) is 7.46. The second-order valence-corrected chi connectivity index (χ2v) is 2.52. The lowest BCUT2D eigenvalue weighted by Crippen LogP contribution is -1.91. The van der Waals surface area contributed by atoms with Crippen molar-refractivity contribution >= 4 is 0 Å². The molecule has 0 aromatic heterocycles. The van der Waals surface area contributed by atoms with E-state index in [1.165, 1.54) is 0 Å². The Morgan fingerprint density at radius 3 is 1.50 bits per heavy atom. The fourth-order valence-corrected chi connectivity index (χ4v) is 1.11. The van der Waals surface area contributed by atoms with Crippen LogP contribution in [0.5, 0.6) is 0 Å². The van der Waals surface area contributed by atoms with Gasteiger partial charge in [-0.25, -0.2) is 0 Å². The molecule has 1 aromatic rings. The molecule has 1 aromatic carbocycles. The van der Waals surface area contributed by atoms with Crippen molar-refractivity contribution in [2.75, 3.05) is 0 Å². The second-order valence-electron chi connectivity index (χ2n) is 2.52. The maximum Gasteiger partial charge on any atom is 0.0556 e. The number of hydrogen-bond acceptors (Lipinski definition) is 0. The summed E-state index contributed by atoms with van der Waals surface area (Å²) >= 11 is 0. The van der Waals surface area contributed by atoms with Crippen LogP contribution in [0.15, 0.2) is 12.1 Å². The first kappa shape index (κ1) is 9.55. The van der Waals surface area contributed by atoms with E-state index in [-0.39, 0.29) is 0 Å². The summed E-state index contributed by atoms with van der Waals surface area (Å²) in [6.45, 7) is 0. The number of hydrogen-bond donors (Lipinski definition) is 0. The Balaban J connectivity index is 3.65. The van der Waals surface area contributed by atoms with Crippen LogP contribution in [-0.2, 0) is 0 Å². The van der Waals surface area contributed by atoms with Gasteiger partial charge < -0.3 is 0 Å². The normalized spacial score (nSPS) is 7.71. The molecule has 0 saturated heterocycles. The fraction of sp³-hybridized carbons (Fsp3) is 0. The molecule has 0 amide bonds. The van der Waals surface area contributed by atoms with Crippen molar-refractivity contribution in [1.29, 1.82) is 0 Å². The standard InChI is InChI=1S/C14H6/c1-5-11-9-12(6-2)14(8-4)13(7-3)10-11/h1-4,9-10H. The van der Waals surface area contributed by atoms with Crippen molar-refractivity contribution in [1.82, 2.24) is 0 Å². The lowest BCUT2D eigenvalue weighted by atomic mass is 9.99. The van der Waals surface area contributed by atoms with Crippen LogP contribution >= 0.6 is 0 Å². The average Bonchev–Trinajstić information content (AvgIpc) is 2.26. The molecular weight excluding hydrogens is 168 g/mol. The SMILES string of the molecule is C#Cc1cc(C#C)c(C#C)c(C#C)c1. The molecule has 0 aliphatic rings. The van der Waals surface area contributed by atoms with Gasteiger partial charge in [-0.3, -0.25) is 0 Å². The largest absolute Gasteiger partial charge is 0.115 e. The highest BCUT2D eigenvalue weighted by molar-refractivity contribution is 5.61. The molecule has 0 nitrogen and oxygen atoms in total. The molecule has 0 aliphatic carbocycles. The molecule has 62 valence electrons. The zero-order valence-electron chi connectivity index (χ0n) is 7.46. The van der Waals surface area contributed by atoms with Gasteiger partial charge in [-0.15, -0.1) is 25.7 Å². The third-order valence-electron chi connectivity index (χ3n) is 1.76. The Morgan fingerprint density at radius 2 is 1.21 bits per heavy atom. The number of rotatable bonds is 0. The minimum atomic E-state index is 0.550. The van der Waals surface area contributed by atoms with E-state index in [4.69, 9.17) is 25.7 Å². The lowest BCUT2D eigenvalue weighted by molar-refractivity contribution is 1.52. The van der Waals surface area contributed by atoms with Crippen LogP contribution in [0.4, 0.5) is 0 Å². The van der Waals surface area contributed by atoms with Crippen molar-refractivity contribution in [3.8, 4) is 49.4 Å². The molecule has 1 rings (SSSR count). The molecule has 0 heteroatoms. The summed E-state index contributed by atoms with van der Waals surface area (Å²) in [5, 5.41) is 0. The van der Waals surface area contributed by atoms with Gasteiger partial charge in [0.2, 0.25) is 0 Å². The first-order valence-electron chi connectivity index (χ1n) is 3.81. The van der Waals surface area contributed by atoms with Crippen LogP contribution in [0.2, 0.25) is 0 Å². The van der Waals surface area contributed by atoms with Gasteiger partial charge in [-0.05, 0) is 12.1 Å². The molecule has 0 radical (unpaired) electrons. The minimum absolute atomic E-state index is 0.550. The van der Waals surface area contributed by atoms with E-state index in [2.05, 4.69) is 23.7 Å². The van der Waals surface area contributed by atoms with Gasteiger partial charge in [0.15, 0.2) is 0 Å². The van der Waals surface area contributed by atoms with Crippen molar-refractivity contribution in [2.24, 2.45) is 0 Å². The third kappa shape index (κ3) is 1.47. The summed E-state index contributed by atoms with van der Waals surface area (Å²) in [6.07, 6.45) is 21.1. The molecule has 0 bridgehead atoms. The van der Waals surface area contributed by atoms with Crippen molar-refractivity contribution < 1.29 is 0 Å². The molecular formula is C14H6. The van der Waals surface area contributed by atoms with Crippen molar-refractivity contribution in [3.63, 3.8) is 0 Å². The zero-order chi connectivity index (χ0) is 10.6. The summed E-state index contributed by atoms with van der Waals surface area (Å²) in [4.78, 5) is 0. The fourth-order valence-electron chi connectivity index (χ4n) is 1.11. The third-order valence-corrected chi connectivity index (χ3v) is 1.76. The summed E-state index contributed by atoms with van der Waals surface area (Å²) in [7, 11) is 0. The highest BCUT2D eigenvalue weighted by atomic mass is 14.0. The summed E-state index contributed by atoms with van der Waals surface area (Å²) in [5.41, 5.74) is 2.32.